The van der Waals surface area contributed by atoms with Gasteiger partial charge in [0, 0.05) is 36.1 Å². The number of halogens is 1. The SMILES string of the molecule is CN(CC(CNC(=O)c1ccc(CCl)s1)OC=O)c1ccc2c(c1)CCSC(=O)N2C. The number of benzene rings is 1. The first-order valence-corrected chi connectivity index (χ1v) is 12.0. The van der Waals surface area contributed by atoms with Gasteiger partial charge in [0.1, 0.15) is 6.10 Å². The zero-order valence-electron chi connectivity index (χ0n) is 17.3. The van der Waals surface area contributed by atoms with E-state index in [-0.39, 0.29) is 17.7 Å². The van der Waals surface area contributed by atoms with E-state index >= 15 is 0 Å². The summed E-state index contributed by atoms with van der Waals surface area (Å²) in [5.41, 5.74) is 2.95. The van der Waals surface area contributed by atoms with Crippen LogP contribution in [0.4, 0.5) is 16.2 Å². The van der Waals surface area contributed by atoms with E-state index in [2.05, 4.69) is 11.4 Å². The second-order valence-electron chi connectivity index (χ2n) is 7.08. The van der Waals surface area contributed by atoms with Gasteiger partial charge in [-0.15, -0.1) is 22.9 Å². The first kappa shape index (κ1) is 23.4. The summed E-state index contributed by atoms with van der Waals surface area (Å²) >= 11 is 8.44. The molecule has 1 atom stereocenters. The summed E-state index contributed by atoms with van der Waals surface area (Å²) < 4.78 is 5.20. The number of ether oxygens (including phenoxy) is 1. The van der Waals surface area contributed by atoms with E-state index in [0.29, 0.717) is 23.8 Å². The van der Waals surface area contributed by atoms with E-state index < -0.39 is 6.10 Å². The van der Waals surface area contributed by atoms with Crippen molar-refractivity contribution in [1.82, 2.24) is 5.32 Å². The molecule has 2 amide bonds. The lowest BCUT2D eigenvalue weighted by Crippen LogP contribution is -2.40. The molecule has 7 nitrogen and oxygen atoms in total. The monoisotopic (exact) mass is 481 g/mol. The van der Waals surface area contributed by atoms with Crippen molar-refractivity contribution in [2.75, 3.05) is 42.7 Å². The van der Waals surface area contributed by atoms with Crippen LogP contribution in [0.3, 0.4) is 0 Å². The number of likely N-dealkylation sites (N-methyl/N-ethyl adjacent to an activating group) is 1. The molecule has 0 saturated heterocycles. The number of carbonyl (C=O) groups excluding carboxylic acids is 3. The largest absolute Gasteiger partial charge is 0.461 e. The zero-order chi connectivity index (χ0) is 22.4. The highest BCUT2D eigenvalue weighted by Gasteiger charge is 2.21. The summed E-state index contributed by atoms with van der Waals surface area (Å²) in [5, 5.41) is 2.86. The van der Waals surface area contributed by atoms with Crippen LogP contribution in [0, 0.1) is 0 Å². The van der Waals surface area contributed by atoms with Crippen molar-refractivity contribution < 1.29 is 19.1 Å². The second kappa shape index (κ2) is 10.9. The Balaban J connectivity index is 1.64. The van der Waals surface area contributed by atoms with Gasteiger partial charge in [-0.25, -0.2) is 0 Å². The highest BCUT2D eigenvalue weighted by Crippen LogP contribution is 2.31. The van der Waals surface area contributed by atoms with Gasteiger partial charge >= 0.3 is 0 Å². The standard InChI is InChI=1S/C21H24ClN3O4S2/c1-24(15-3-5-18-14(9-15)7-8-30-21(28)25(18)2)12-16(29-13-26)11-23-20(27)19-6-4-17(10-22)31-19/h3-6,9,13,16H,7-8,10-12H2,1-2H3,(H,23,27). The lowest BCUT2D eigenvalue weighted by molar-refractivity contribution is -0.132. The van der Waals surface area contributed by atoms with Crippen molar-refractivity contribution >= 4 is 63.7 Å². The predicted octanol–water partition coefficient (Wildman–Crippen LogP) is 3.74. The van der Waals surface area contributed by atoms with Crippen LogP contribution < -0.4 is 15.1 Å². The lowest BCUT2D eigenvalue weighted by Gasteiger charge is -2.26. The minimum Gasteiger partial charge on any atom is -0.461 e. The van der Waals surface area contributed by atoms with Crippen LogP contribution in [0.15, 0.2) is 30.3 Å². The second-order valence-corrected chi connectivity index (χ2v) is 9.56. The molecule has 1 aromatic heterocycles. The molecular formula is C21H24ClN3O4S2. The number of nitrogens with one attached hydrogen (secondary N) is 1. The maximum atomic E-state index is 12.4. The van der Waals surface area contributed by atoms with Crippen molar-refractivity contribution in [1.29, 1.82) is 0 Å². The molecule has 2 aromatic rings. The molecule has 31 heavy (non-hydrogen) atoms. The average molecular weight is 482 g/mol. The van der Waals surface area contributed by atoms with Gasteiger partial charge in [-0.2, -0.15) is 0 Å². The maximum Gasteiger partial charge on any atom is 0.293 e. The topological polar surface area (TPSA) is 79.0 Å². The van der Waals surface area contributed by atoms with Gasteiger partial charge in [-0.3, -0.25) is 14.4 Å². The van der Waals surface area contributed by atoms with E-state index in [1.807, 2.05) is 30.1 Å². The fraction of sp³-hybridized carbons (Fsp3) is 0.381. The number of nitrogens with zero attached hydrogens (tertiary/aromatic N) is 2. The van der Waals surface area contributed by atoms with Crippen molar-refractivity contribution in [2.45, 2.75) is 18.4 Å². The molecular weight excluding hydrogens is 458 g/mol. The van der Waals surface area contributed by atoms with Crippen LogP contribution in [0.25, 0.3) is 0 Å². The van der Waals surface area contributed by atoms with E-state index in [0.717, 1.165) is 34.0 Å². The summed E-state index contributed by atoms with van der Waals surface area (Å²) in [6.45, 7) is 0.990. The van der Waals surface area contributed by atoms with Gasteiger partial charge in [0.2, 0.25) is 0 Å². The Morgan fingerprint density at radius 3 is 2.90 bits per heavy atom. The summed E-state index contributed by atoms with van der Waals surface area (Å²) in [5.74, 6) is 0.877. The molecule has 0 fully saturated rings. The maximum absolute atomic E-state index is 12.4. The molecule has 1 unspecified atom stereocenters. The number of hydrogen-bond acceptors (Lipinski definition) is 7. The number of thioether (sulfide) groups is 1. The van der Waals surface area contributed by atoms with Gasteiger partial charge in [0.15, 0.2) is 0 Å². The fourth-order valence-electron chi connectivity index (χ4n) is 3.29. The van der Waals surface area contributed by atoms with Crippen LogP contribution in [0.5, 0.6) is 0 Å². The molecule has 1 aromatic carbocycles. The van der Waals surface area contributed by atoms with Crippen molar-refractivity contribution in [3.05, 3.63) is 45.6 Å². The van der Waals surface area contributed by atoms with Gasteiger partial charge < -0.3 is 19.9 Å². The third-order valence-electron chi connectivity index (χ3n) is 4.97. The van der Waals surface area contributed by atoms with E-state index in [1.54, 1.807) is 18.0 Å². The van der Waals surface area contributed by atoms with Crippen LogP contribution in [0.2, 0.25) is 0 Å². The first-order valence-electron chi connectivity index (χ1n) is 9.69. The lowest BCUT2D eigenvalue weighted by atomic mass is 10.1. The van der Waals surface area contributed by atoms with E-state index in [9.17, 15) is 14.4 Å². The Bertz CT molecular complexity index is 952. The van der Waals surface area contributed by atoms with Gasteiger partial charge in [0.25, 0.3) is 17.6 Å². The Labute approximate surface area is 194 Å². The summed E-state index contributed by atoms with van der Waals surface area (Å²) in [6.07, 6.45) is 0.283. The number of carbonyl (C=O) groups is 3. The molecule has 0 aliphatic carbocycles. The van der Waals surface area contributed by atoms with Gasteiger partial charge in [-0.1, -0.05) is 11.8 Å². The quantitative estimate of drug-likeness (QED) is 0.434. The number of anilines is 2. The minimum atomic E-state index is -0.516. The number of rotatable bonds is 9. The normalized spacial score (nSPS) is 14.4. The molecule has 2 heterocycles. The average Bonchev–Trinajstić information content (AvgIpc) is 3.21. The summed E-state index contributed by atoms with van der Waals surface area (Å²) in [4.78, 5) is 40.5. The Hall–Kier alpha value is -2.23. The molecule has 10 heteroatoms. The molecule has 3 rings (SSSR count). The molecule has 0 radical (unpaired) electrons. The van der Waals surface area contributed by atoms with E-state index in [4.69, 9.17) is 16.3 Å². The number of aryl methyl sites for hydroxylation is 1. The smallest absolute Gasteiger partial charge is 0.293 e. The van der Waals surface area contributed by atoms with Gasteiger partial charge in [0.05, 0.1) is 23.8 Å². The third-order valence-corrected chi connectivity index (χ3v) is 7.43. The summed E-state index contributed by atoms with van der Waals surface area (Å²) in [6, 6.07) is 9.49. The number of fused-ring (bicyclic) bond motifs is 1. The van der Waals surface area contributed by atoms with Crippen LogP contribution >= 0.6 is 34.7 Å². The molecule has 0 spiro atoms. The zero-order valence-corrected chi connectivity index (χ0v) is 19.7. The Kier molecular flexibility index (Phi) is 8.22. The highest BCUT2D eigenvalue weighted by atomic mass is 35.5. The molecule has 1 aliphatic heterocycles. The first-order chi connectivity index (χ1) is 14.9. The molecule has 1 N–H and O–H groups in total. The van der Waals surface area contributed by atoms with Crippen molar-refractivity contribution in [3.8, 4) is 0 Å². The van der Waals surface area contributed by atoms with E-state index in [1.165, 1.54) is 23.1 Å². The number of hydrogen-bond donors (Lipinski definition) is 1. The van der Waals surface area contributed by atoms with Crippen LogP contribution in [-0.4, -0.2) is 56.7 Å². The van der Waals surface area contributed by atoms with Crippen molar-refractivity contribution in [2.24, 2.45) is 0 Å². The molecule has 166 valence electrons. The van der Waals surface area contributed by atoms with Crippen LogP contribution in [0.1, 0.15) is 20.1 Å². The fourth-order valence-corrected chi connectivity index (χ4v) is 5.11. The van der Waals surface area contributed by atoms with Gasteiger partial charge in [-0.05, 0) is 42.3 Å². The van der Waals surface area contributed by atoms with Crippen LogP contribution in [-0.2, 0) is 21.8 Å². The molecule has 0 bridgehead atoms. The van der Waals surface area contributed by atoms with Crippen molar-refractivity contribution in [3.63, 3.8) is 0 Å². The molecule has 0 saturated carbocycles. The Morgan fingerprint density at radius 2 is 2.19 bits per heavy atom. The number of thiophene rings is 1. The highest BCUT2D eigenvalue weighted by molar-refractivity contribution is 8.13. The molecule has 1 aliphatic rings. The minimum absolute atomic E-state index is 0.0407. The Morgan fingerprint density at radius 1 is 1.39 bits per heavy atom. The summed E-state index contributed by atoms with van der Waals surface area (Å²) in [7, 11) is 3.68. The predicted molar refractivity (Wildman–Crippen MR) is 127 cm³/mol. The third kappa shape index (κ3) is 5.93. The number of alkyl halides is 1. The number of amides is 2.